The SMILES string of the molecule is CC1OC(C)C(C(=O)NCCCOC2CCNCC2)C1C. The van der Waals surface area contributed by atoms with E-state index in [0.717, 1.165) is 39.0 Å². The fourth-order valence-corrected chi connectivity index (χ4v) is 3.33. The maximum Gasteiger partial charge on any atom is 0.226 e. The van der Waals surface area contributed by atoms with Gasteiger partial charge in [-0.3, -0.25) is 4.79 Å². The first kappa shape index (κ1) is 16.7. The van der Waals surface area contributed by atoms with E-state index in [1.165, 1.54) is 0 Å². The van der Waals surface area contributed by atoms with E-state index in [0.29, 0.717) is 12.6 Å². The molecule has 2 saturated heterocycles. The van der Waals surface area contributed by atoms with Crippen LogP contribution in [0.4, 0.5) is 0 Å². The summed E-state index contributed by atoms with van der Waals surface area (Å²) < 4.78 is 11.6. The Morgan fingerprint density at radius 3 is 2.57 bits per heavy atom. The summed E-state index contributed by atoms with van der Waals surface area (Å²) in [5, 5.41) is 6.36. The summed E-state index contributed by atoms with van der Waals surface area (Å²) in [6.45, 7) is 9.65. The number of amides is 1. The Balaban J connectivity index is 1.59. The summed E-state index contributed by atoms with van der Waals surface area (Å²) in [6, 6.07) is 0. The van der Waals surface area contributed by atoms with E-state index < -0.39 is 0 Å². The molecule has 122 valence electrons. The molecule has 0 radical (unpaired) electrons. The molecule has 0 aromatic rings. The van der Waals surface area contributed by atoms with Gasteiger partial charge in [-0.25, -0.2) is 0 Å². The zero-order valence-corrected chi connectivity index (χ0v) is 13.6. The van der Waals surface area contributed by atoms with Gasteiger partial charge in [0.05, 0.1) is 24.2 Å². The minimum absolute atomic E-state index is 0.0148. The molecule has 0 aromatic carbocycles. The van der Waals surface area contributed by atoms with Crippen molar-refractivity contribution in [3.8, 4) is 0 Å². The Bertz CT molecular complexity index is 331. The molecule has 1 amide bonds. The Hall–Kier alpha value is -0.650. The molecular formula is C16H30N2O3. The summed E-state index contributed by atoms with van der Waals surface area (Å²) >= 11 is 0. The highest BCUT2D eigenvalue weighted by molar-refractivity contribution is 5.79. The molecule has 2 aliphatic heterocycles. The van der Waals surface area contributed by atoms with E-state index in [4.69, 9.17) is 9.47 Å². The average molecular weight is 298 g/mol. The van der Waals surface area contributed by atoms with Crippen LogP contribution in [-0.4, -0.2) is 50.5 Å². The molecule has 4 unspecified atom stereocenters. The van der Waals surface area contributed by atoms with Crippen LogP contribution >= 0.6 is 0 Å². The summed E-state index contributed by atoms with van der Waals surface area (Å²) in [4.78, 5) is 12.2. The van der Waals surface area contributed by atoms with Crippen LogP contribution in [-0.2, 0) is 14.3 Å². The van der Waals surface area contributed by atoms with Gasteiger partial charge in [0.25, 0.3) is 0 Å². The Kier molecular flexibility index (Phi) is 6.45. The minimum Gasteiger partial charge on any atom is -0.378 e. The Morgan fingerprint density at radius 2 is 1.95 bits per heavy atom. The number of nitrogens with one attached hydrogen (secondary N) is 2. The van der Waals surface area contributed by atoms with Crippen LogP contribution in [0.5, 0.6) is 0 Å². The molecule has 0 bridgehead atoms. The molecule has 4 atom stereocenters. The molecule has 0 aliphatic carbocycles. The van der Waals surface area contributed by atoms with Gasteiger partial charge in [-0.1, -0.05) is 6.92 Å². The Labute approximate surface area is 128 Å². The number of hydrogen-bond acceptors (Lipinski definition) is 4. The topological polar surface area (TPSA) is 59.6 Å². The van der Waals surface area contributed by atoms with Crippen molar-refractivity contribution < 1.29 is 14.3 Å². The highest BCUT2D eigenvalue weighted by atomic mass is 16.5. The van der Waals surface area contributed by atoms with Gasteiger partial charge in [-0.05, 0) is 52.1 Å². The average Bonchev–Trinajstić information content (AvgIpc) is 2.73. The molecule has 0 saturated carbocycles. The molecule has 21 heavy (non-hydrogen) atoms. The summed E-state index contributed by atoms with van der Waals surface area (Å²) in [6.07, 6.45) is 3.64. The van der Waals surface area contributed by atoms with Crippen molar-refractivity contribution in [1.82, 2.24) is 10.6 Å². The fraction of sp³-hybridized carbons (Fsp3) is 0.938. The lowest BCUT2D eigenvalue weighted by molar-refractivity contribution is -0.127. The lowest BCUT2D eigenvalue weighted by Crippen LogP contribution is -2.38. The Morgan fingerprint density at radius 1 is 1.24 bits per heavy atom. The predicted molar refractivity (Wildman–Crippen MR) is 82.1 cm³/mol. The molecule has 2 N–H and O–H groups in total. The largest absolute Gasteiger partial charge is 0.378 e. The monoisotopic (exact) mass is 298 g/mol. The standard InChI is InChI=1S/C16H30N2O3/c1-11-12(2)21-13(3)15(11)16(19)18-7-4-10-20-14-5-8-17-9-6-14/h11-15,17H,4-10H2,1-3H3,(H,18,19). The summed E-state index contributed by atoms with van der Waals surface area (Å²) in [5.41, 5.74) is 0. The number of hydrogen-bond donors (Lipinski definition) is 2. The zero-order chi connectivity index (χ0) is 15.2. The van der Waals surface area contributed by atoms with Gasteiger partial charge in [0.2, 0.25) is 5.91 Å². The van der Waals surface area contributed by atoms with E-state index in [-0.39, 0.29) is 30.0 Å². The van der Waals surface area contributed by atoms with E-state index >= 15 is 0 Å². The molecule has 5 nitrogen and oxygen atoms in total. The van der Waals surface area contributed by atoms with E-state index in [1.54, 1.807) is 0 Å². The zero-order valence-electron chi connectivity index (χ0n) is 13.6. The third kappa shape index (κ3) is 4.66. The third-order valence-electron chi connectivity index (χ3n) is 4.80. The lowest BCUT2D eigenvalue weighted by Gasteiger charge is -2.23. The number of piperidine rings is 1. The van der Waals surface area contributed by atoms with E-state index in [2.05, 4.69) is 17.6 Å². The number of carbonyl (C=O) groups is 1. The molecule has 0 aromatic heterocycles. The van der Waals surface area contributed by atoms with Crippen LogP contribution < -0.4 is 10.6 Å². The van der Waals surface area contributed by atoms with Crippen molar-refractivity contribution in [1.29, 1.82) is 0 Å². The van der Waals surface area contributed by atoms with Crippen LogP contribution in [0.25, 0.3) is 0 Å². The van der Waals surface area contributed by atoms with Crippen molar-refractivity contribution in [2.45, 2.75) is 58.3 Å². The highest BCUT2D eigenvalue weighted by Crippen LogP contribution is 2.32. The van der Waals surface area contributed by atoms with Crippen LogP contribution in [0, 0.1) is 11.8 Å². The number of carbonyl (C=O) groups excluding carboxylic acids is 1. The van der Waals surface area contributed by atoms with Gasteiger partial charge in [0.1, 0.15) is 0 Å². The van der Waals surface area contributed by atoms with Gasteiger partial charge in [0, 0.05) is 13.2 Å². The third-order valence-corrected chi connectivity index (χ3v) is 4.80. The normalized spacial score (nSPS) is 34.0. The molecular weight excluding hydrogens is 268 g/mol. The fourth-order valence-electron chi connectivity index (χ4n) is 3.33. The second-order valence-corrected chi connectivity index (χ2v) is 6.40. The highest BCUT2D eigenvalue weighted by Gasteiger charge is 2.41. The molecule has 2 rings (SSSR count). The molecule has 2 fully saturated rings. The van der Waals surface area contributed by atoms with Crippen molar-refractivity contribution in [2.24, 2.45) is 11.8 Å². The summed E-state index contributed by atoms with van der Waals surface area (Å²) in [7, 11) is 0. The van der Waals surface area contributed by atoms with Gasteiger partial charge in [-0.15, -0.1) is 0 Å². The smallest absolute Gasteiger partial charge is 0.226 e. The molecule has 2 aliphatic rings. The first-order valence-electron chi connectivity index (χ1n) is 8.35. The second-order valence-electron chi connectivity index (χ2n) is 6.40. The van der Waals surface area contributed by atoms with E-state index in [9.17, 15) is 4.79 Å². The molecule has 0 spiro atoms. The minimum atomic E-state index is -0.0228. The van der Waals surface area contributed by atoms with Gasteiger partial charge in [0.15, 0.2) is 0 Å². The predicted octanol–water partition coefficient (Wildman–Crippen LogP) is 1.32. The van der Waals surface area contributed by atoms with Gasteiger partial charge in [-0.2, -0.15) is 0 Å². The molecule has 2 heterocycles. The van der Waals surface area contributed by atoms with Crippen LogP contribution in [0.3, 0.4) is 0 Å². The van der Waals surface area contributed by atoms with Crippen LogP contribution in [0.2, 0.25) is 0 Å². The van der Waals surface area contributed by atoms with Gasteiger partial charge >= 0.3 is 0 Å². The lowest BCUT2D eigenvalue weighted by atomic mass is 9.89. The number of rotatable bonds is 6. The quantitative estimate of drug-likeness (QED) is 0.726. The van der Waals surface area contributed by atoms with Crippen molar-refractivity contribution in [3.05, 3.63) is 0 Å². The van der Waals surface area contributed by atoms with Crippen molar-refractivity contribution >= 4 is 5.91 Å². The van der Waals surface area contributed by atoms with Crippen LogP contribution in [0.15, 0.2) is 0 Å². The second kappa shape index (κ2) is 8.11. The van der Waals surface area contributed by atoms with Crippen molar-refractivity contribution in [3.63, 3.8) is 0 Å². The maximum absolute atomic E-state index is 12.2. The summed E-state index contributed by atoms with van der Waals surface area (Å²) in [5.74, 6) is 0.387. The van der Waals surface area contributed by atoms with Crippen molar-refractivity contribution in [2.75, 3.05) is 26.2 Å². The van der Waals surface area contributed by atoms with E-state index in [1.807, 2.05) is 13.8 Å². The first-order valence-corrected chi connectivity index (χ1v) is 8.35. The number of ether oxygens (including phenoxy) is 2. The molecule has 5 heteroatoms. The van der Waals surface area contributed by atoms with Gasteiger partial charge < -0.3 is 20.1 Å². The van der Waals surface area contributed by atoms with Crippen LogP contribution in [0.1, 0.15) is 40.0 Å². The first-order chi connectivity index (χ1) is 10.1. The maximum atomic E-state index is 12.2.